The lowest BCUT2D eigenvalue weighted by Crippen LogP contribution is -2.35. The van der Waals surface area contributed by atoms with Gasteiger partial charge in [-0.25, -0.2) is 0 Å². The van der Waals surface area contributed by atoms with Gasteiger partial charge in [0.05, 0.1) is 7.11 Å². The van der Waals surface area contributed by atoms with Gasteiger partial charge in [0.1, 0.15) is 5.75 Å². The molecule has 0 aliphatic carbocycles. The number of aliphatic carboxylic acids is 1. The number of hydrogen-bond acceptors (Lipinski definition) is 3. The molecule has 3 rings (SSSR count). The molecule has 2 aromatic rings. The number of fused-ring (bicyclic) bond motifs is 1. The Morgan fingerprint density at radius 2 is 2.00 bits per heavy atom. The topological polar surface area (TPSA) is 49.8 Å². The van der Waals surface area contributed by atoms with E-state index in [0.29, 0.717) is 12.5 Å². The van der Waals surface area contributed by atoms with Crippen LogP contribution < -0.4 is 4.74 Å². The van der Waals surface area contributed by atoms with Crippen molar-refractivity contribution in [2.45, 2.75) is 31.8 Å². The van der Waals surface area contributed by atoms with Crippen molar-refractivity contribution >= 4 is 5.97 Å². The Kier molecular flexibility index (Phi) is 5.16. The van der Waals surface area contributed by atoms with E-state index in [1.165, 1.54) is 16.7 Å². The molecule has 126 valence electrons. The van der Waals surface area contributed by atoms with Crippen LogP contribution in [0.25, 0.3) is 0 Å². The summed E-state index contributed by atoms with van der Waals surface area (Å²) >= 11 is 0. The molecule has 4 heteroatoms. The third-order valence-corrected chi connectivity index (χ3v) is 4.66. The van der Waals surface area contributed by atoms with E-state index in [1.54, 1.807) is 7.11 Å². The summed E-state index contributed by atoms with van der Waals surface area (Å²) in [4.78, 5) is 13.2. The minimum Gasteiger partial charge on any atom is -0.497 e. The molecule has 1 aliphatic heterocycles. The number of hydrogen-bond donors (Lipinski definition) is 1. The molecule has 0 saturated carbocycles. The first-order valence-electron chi connectivity index (χ1n) is 8.34. The van der Waals surface area contributed by atoms with Crippen LogP contribution in [0.15, 0.2) is 48.5 Å². The highest BCUT2D eigenvalue weighted by Crippen LogP contribution is 2.34. The van der Waals surface area contributed by atoms with Crippen molar-refractivity contribution in [2.24, 2.45) is 0 Å². The van der Waals surface area contributed by atoms with E-state index in [9.17, 15) is 4.79 Å². The first-order valence-corrected chi connectivity index (χ1v) is 8.34. The van der Waals surface area contributed by atoms with Gasteiger partial charge in [-0.2, -0.15) is 0 Å². The van der Waals surface area contributed by atoms with E-state index in [2.05, 4.69) is 41.3 Å². The molecule has 0 radical (unpaired) electrons. The van der Waals surface area contributed by atoms with Gasteiger partial charge >= 0.3 is 5.97 Å². The molecule has 4 nitrogen and oxygen atoms in total. The lowest BCUT2D eigenvalue weighted by molar-refractivity contribution is -0.137. The van der Waals surface area contributed by atoms with Crippen molar-refractivity contribution in [3.05, 3.63) is 65.2 Å². The van der Waals surface area contributed by atoms with Crippen LogP contribution in [0, 0.1) is 0 Å². The highest BCUT2D eigenvalue weighted by Gasteiger charge is 2.27. The monoisotopic (exact) mass is 325 g/mol. The smallest absolute Gasteiger partial charge is 0.303 e. The van der Waals surface area contributed by atoms with Gasteiger partial charge in [-0.1, -0.05) is 36.4 Å². The molecule has 1 unspecified atom stereocenters. The summed E-state index contributed by atoms with van der Waals surface area (Å²) in [6.07, 6.45) is 1.82. The third kappa shape index (κ3) is 3.77. The number of carboxylic acids is 1. The van der Waals surface area contributed by atoms with Crippen LogP contribution in [0.4, 0.5) is 0 Å². The van der Waals surface area contributed by atoms with E-state index >= 15 is 0 Å². The largest absolute Gasteiger partial charge is 0.497 e. The van der Waals surface area contributed by atoms with E-state index in [4.69, 9.17) is 9.84 Å². The number of methoxy groups -OCH3 is 1. The van der Waals surface area contributed by atoms with Crippen LogP contribution in [0.5, 0.6) is 5.75 Å². The van der Waals surface area contributed by atoms with Gasteiger partial charge in [0.25, 0.3) is 0 Å². The van der Waals surface area contributed by atoms with Crippen LogP contribution in [0.2, 0.25) is 0 Å². The first kappa shape index (κ1) is 16.5. The molecule has 24 heavy (non-hydrogen) atoms. The molecule has 0 bridgehead atoms. The average Bonchev–Trinajstić information content (AvgIpc) is 2.61. The zero-order chi connectivity index (χ0) is 16.9. The molecule has 1 heterocycles. The van der Waals surface area contributed by atoms with Crippen molar-refractivity contribution in [1.82, 2.24) is 4.90 Å². The van der Waals surface area contributed by atoms with Gasteiger partial charge in [-0.15, -0.1) is 0 Å². The number of nitrogens with zero attached hydrogens (tertiary/aromatic N) is 1. The summed E-state index contributed by atoms with van der Waals surface area (Å²) in [5, 5.41) is 8.92. The maximum Gasteiger partial charge on any atom is 0.303 e. The maximum atomic E-state index is 10.8. The van der Waals surface area contributed by atoms with Crippen LogP contribution in [-0.2, 0) is 17.8 Å². The molecule has 0 aromatic heterocycles. The van der Waals surface area contributed by atoms with Crippen LogP contribution in [-0.4, -0.2) is 29.6 Å². The van der Waals surface area contributed by atoms with Crippen LogP contribution >= 0.6 is 0 Å². The van der Waals surface area contributed by atoms with Gasteiger partial charge in [-0.05, 0) is 48.2 Å². The molecule has 0 fully saturated rings. The van der Waals surface area contributed by atoms with Crippen molar-refractivity contribution in [2.75, 3.05) is 13.7 Å². The standard InChI is InChI=1S/C20H23NO3/c1-24-18-10-9-16-13-19(15-6-3-2-4-7-15)21(14-17(16)12-18)11-5-8-20(22)23/h2-4,6-7,9-10,12,19H,5,8,11,13-14H2,1H3,(H,22,23). The fraction of sp³-hybridized carbons (Fsp3) is 0.350. The zero-order valence-electron chi connectivity index (χ0n) is 13.9. The van der Waals surface area contributed by atoms with E-state index in [1.807, 2.05) is 12.1 Å². The summed E-state index contributed by atoms with van der Waals surface area (Å²) in [5.74, 6) is 0.141. The SMILES string of the molecule is COc1ccc2c(c1)CN(CCCC(=O)O)C(c1ccccc1)C2. The van der Waals surface area contributed by atoms with Crippen molar-refractivity contribution in [3.63, 3.8) is 0 Å². The van der Waals surface area contributed by atoms with E-state index < -0.39 is 5.97 Å². The molecule has 1 atom stereocenters. The predicted molar refractivity (Wildman–Crippen MR) is 93.2 cm³/mol. The second-order valence-corrected chi connectivity index (χ2v) is 6.23. The number of rotatable bonds is 6. The van der Waals surface area contributed by atoms with Crippen LogP contribution in [0.1, 0.15) is 35.6 Å². The van der Waals surface area contributed by atoms with Gasteiger partial charge in [0.15, 0.2) is 0 Å². The lowest BCUT2D eigenvalue weighted by Gasteiger charge is -2.37. The predicted octanol–water partition coefficient (Wildman–Crippen LogP) is 3.66. The minimum absolute atomic E-state index is 0.211. The molecule has 1 N–H and O–H groups in total. The Labute approximate surface area is 142 Å². The minimum atomic E-state index is -0.731. The maximum absolute atomic E-state index is 10.8. The molecular weight excluding hydrogens is 302 g/mol. The second kappa shape index (κ2) is 7.49. The normalized spacial score (nSPS) is 17.3. The van der Waals surface area contributed by atoms with Crippen molar-refractivity contribution in [3.8, 4) is 5.75 Å². The summed E-state index contributed by atoms with van der Waals surface area (Å²) in [7, 11) is 1.68. The quantitative estimate of drug-likeness (QED) is 0.880. The van der Waals surface area contributed by atoms with Crippen LogP contribution in [0.3, 0.4) is 0 Å². The number of carbonyl (C=O) groups is 1. The van der Waals surface area contributed by atoms with Gasteiger partial charge in [0.2, 0.25) is 0 Å². The summed E-state index contributed by atoms with van der Waals surface area (Å²) < 4.78 is 5.34. The summed E-state index contributed by atoms with van der Waals surface area (Å²) in [6, 6.07) is 17.0. The number of ether oxygens (including phenoxy) is 1. The van der Waals surface area contributed by atoms with Gasteiger partial charge in [0, 0.05) is 19.0 Å². The molecule has 2 aromatic carbocycles. The zero-order valence-corrected chi connectivity index (χ0v) is 13.9. The summed E-state index contributed by atoms with van der Waals surface area (Å²) in [6.45, 7) is 1.61. The summed E-state index contributed by atoms with van der Waals surface area (Å²) in [5.41, 5.74) is 3.91. The molecule has 1 aliphatic rings. The molecule has 0 amide bonds. The van der Waals surface area contributed by atoms with E-state index in [-0.39, 0.29) is 6.42 Å². The molecule has 0 saturated heterocycles. The highest BCUT2D eigenvalue weighted by atomic mass is 16.5. The molecular formula is C20H23NO3. The third-order valence-electron chi connectivity index (χ3n) is 4.66. The Balaban J connectivity index is 1.85. The second-order valence-electron chi connectivity index (χ2n) is 6.23. The fourth-order valence-corrected chi connectivity index (χ4v) is 3.41. The Morgan fingerprint density at radius 3 is 2.71 bits per heavy atom. The van der Waals surface area contributed by atoms with Crippen molar-refractivity contribution < 1.29 is 14.6 Å². The Hall–Kier alpha value is -2.33. The Morgan fingerprint density at radius 1 is 1.21 bits per heavy atom. The van der Waals surface area contributed by atoms with Gasteiger partial charge < -0.3 is 9.84 Å². The molecule has 0 spiro atoms. The lowest BCUT2D eigenvalue weighted by atomic mass is 9.89. The average molecular weight is 325 g/mol. The number of carboxylic acid groups (broad SMARTS) is 1. The van der Waals surface area contributed by atoms with Crippen molar-refractivity contribution in [1.29, 1.82) is 0 Å². The number of benzene rings is 2. The fourth-order valence-electron chi connectivity index (χ4n) is 3.41. The first-order chi connectivity index (χ1) is 11.7. The van der Waals surface area contributed by atoms with Gasteiger partial charge in [-0.3, -0.25) is 9.69 Å². The van der Waals surface area contributed by atoms with E-state index in [0.717, 1.165) is 25.3 Å². The highest BCUT2D eigenvalue weighted by molar-refractivity contribution is 5.66. The Bertz CT molecular complexity index is 699.